The van der Waals surface area contributed by atoms with Gasteiger partial charge in [-0.05, 0) is 57.8 Å². The van der Waals surface area contributed by atoms with Crippen LogP contribution in [0, 0.1) is 5.92 Å². The normalized spacial score (nSPS) is 28.5. The Morgan fingerprint density at radius 2 is 1.74 bits per heavy atom. The molecule has 0 atom stereocenters. The summed E-state index contributed by atoms with van der Waals surface area (Å²) in [6, 6.07) is 0.954. The lowest BCUT2D eigenvalue weighted by atomic mass is 9.83. The molecule has 0 aliphatic heterocycles. The molecule has 19 heavy (non-hydrogen) atoms. The number of carbonyl (C=O) groups excluding carboxylic acids is 1. The van der Waals surface area contributed by atoms with Crippen molar-refractivity contribution in [1.82, 2.24) is 4.90 Å². The number of rotatable bonds is 5. The highest BCUT2D eigenvalue weighted by Crippen LogP contribution is 2.28. The van der Waals surface area contributed by atoms with Crippen molar-refractivity contribution < 1.29 is 4.79 Å². The van der Waals surface area contributed by atoms with Crippen LogP contribution in [0.4, 0.5) is 0 Å². The summed E-state index contributed by atoms with van der Waals surface area (Å²) in [6.07, 6.45) is 11.6. The van der Waals surface area contributed by atoms with Crippen LogP contribution in [0.3, 0.4) is 0 Å². The smallest absolute Gasteiger partial charge is 0.222 e. The van der Waals surface area contributed by atoms with Crippen molar-refractivity contribution in [2.45, 2.75) is 83.2 Å². The van der Waals surface area contributed by atoms with E-state index in [1.165, 1.54) is 38.5 Å². The molecule has 0 aromatic carbocycles. The summed E-state index contributed by atoms with van der Waals surface area (Å²) < 4.78 is 0. The summed E-state index contributed by atoms with van der Waals surface area (Å²) in [7, 11) is 0. The van der Waals surface area contributed by atoms with Crippen molar-refractivity contribution in [3.63, 3.8) is 0 Å². The third-order valence-electron chi connectivity index (χ3n) is 5.08. The molecule has 0 bridgehead atoms. The van der Waals surface area contributed by atoms with E-state index in [0.717, 1.165) is 38.1 Å². The molecular weight excluding hydrogens is 236 g/mol. The maximum atomic E-state index is 12.4. The van der Waals surface area contributed by atoms with Gasteiger partial charge < -0.3 is 10.6 Å². The lowest BCUT2D eigenvalue weighted by Crippen LogP contribution is -2.38. The van der Waals surface area contributed by atoms with Gasteiger partial charge in [0, 0.05) is 25.0 Å². The second-order valence-corrected chi connectivity index (χ2v) is 6.44. The largest absolute Gasteiger partial charge is 0.340 e. The van der Waals surface area contributed by atoms with Crippen LogP contribution in [0.25, 0.3) is 0 Å². The predicted octanol–water partition coefficient (Wildman–Crippen LogP) is 3.08. The lowest BCUT2D eigenvalue weighted by Gasteiger charge is -2.30. The summed E-state index contributed by atoms with van der Waals surface area (Å²) in [6.45, 7) is 3.01. The molecule has 0 saturated heterocycles. The monoisotopic (exact) mass is 266 g/mol. The van der Waals surface area contributed by atoms with Gasteiger partial charge in [-0.2, -0.15) is 0 Å². The number of nitrogens with two attached hydrogens (primary N) is 1. The topological polar surface area (TPSA) is 46.3 Å². The van der Waals surface area contributed by atoms with Crippen LogP contribution in [-0.4, -0.2) is 29.4 Å². The molecule has 2 saturated carbocycles. The zero-order valence-corrected chi connectivity index (χ0v) is 12.4. The maximum Gasteiger partial charge on any atom is 0.222 e. The molecule has 0 aromatic heterocycles. The minimum Gasteiger partial charge on any atom is -0.340 e. The summed E-state index contributed by atoms with van der Waals surface area (Å²) >= 11 is 0. The van der Waals surface area contributed by atoms with Gasteiger partial charge in [0.15, 0.2) is 0 Å². The Balaban J connectivity index is 1.73. The fourth-order valence-corrected chi connectivity index (χ4v) is 3.80. The highest BCUT2D eigenvalue weighted by Gasteiger charge is 2.26. The number of carbonyl (C=O) groups is 1. The lowest BCUT2D eigenvalue weighted by molar-refractivity contribution is -0.133. The van der Waals surface area contributed by atoms with Gasteiger partial charge in [-0.15, -0.1) is 0 Å². The van der Waals surface area contributed by atoms with Gasteiger partial charge >= 0.3 is 0 Å². The summed E-state index contributed by atoms with van der Waals surface area (Å²) in [5.74, 6) is 1.13. The molecule has 110 valence electrons. The van der Waals surface area contributed by atoms with Gasteiger partial charge in [0.05, 0.1) is 0 Å². The van der Waals surface area contributed by atoms with E-state index in [1.807, 2.05) is 0 Å². The van der Waals surface area contributed by atoms with Crippen LogP contribution in [0.5, 0.6) is 0 Å². The first-order valence-electron chi connectivity index (χ1n) is 8.25. The zero-order valence-electron chi connectivity index (χ0n) is 12.4. The molecular formula is C16H30N2O. The summed E-state index contributed by atoms with van der Waals surface area (Å²) in [5, 5.41) is 0. The maximum absolute atomic E-state index is 12.4. The number of hydrogen-bond donors (Lipinski definition) is 1. The van der Waals surface area contributed by atoms with E-state index in [1.54, 1.807) is 0 Å². The summed E-state index contributed by atoms with van der Waals surface area (Å²) in [5.41, 5.74) is 5.93. The Morgan fingerprint density at radius 3 is 2.32 bits per heavy atom. The molecule has 0 radical (unpaired) electrons. The Morgan fingerprint density at radius 1 is 1.11 bits per heavy atom. The van der Waals surface area contributed by atoms with Gasteiger partial charge in [-0.25, -0.2) is 0 Å². The molecule has 2 aliphatic rings. The minimum absolute atomic E-state index is 0.393. The van der Waals surface area contributed by atoms with Crippen molar-refractivity contribution in [3.8, 4) is 0 Å². The van der Waals surface area contributed by atoms with Crippen LogP contribution in [-0.2, 0) is 4.79 Å². The van der Waals surface area contributed by atoms with Crippen LogP contribution in [0.15, 0.2) is 0 Å². The number of nitrogens with zero attached hydrogens (tertiary/aromatic N) is 1. The molecule has 0 unspecified atom stereocenters. The molecule has 3 heteroatoms. The highest BCUT2D eigenvalue weighted by molar-refractivity contribution is 5.76. The summed E-state index contributed by atoms with van der Waals surface area (Å²) in [4.78, 5) is 14.5. The van der Waals surface area contributed by atoms with Crippen molar-refractivity contribution >= 4 is 5.91 Å². The van der Waals surface area contributed by atoms with Gasteiger partial charge in [-0.1, -0.05) is 12.8 Å². The second-order valence-electron chi connectivity index (χ2n) is 6.44. The molecule has 1 amide bonds. The van der Waals surface area contributed by atoms with Crippen LogP contribution in [0.1, 0.15) is 71.1 Å². The molecule has 0 heterocycles. The van der Waals surface area contributed by atoms with Crippen molar-refractivity contribution in [2.24, 2.45) is 11.7 Å². The van der Waals surface area contributed by atoms with Crippen LogP contribution >= 0.6 is 0 Å². The molecule has 2 N–H and O–H groups in total. The first-order chi connectivity index (χ1) is 9.20. The molecule has 2 fully saturated rings. The number of hydrogen-bond acceptors (Lipinski definition) is 2. The second kappa shape index (κ2) is 7.28. The fourth-order valence-electron chi connectivity index (χ4n) is 3.80. The Bertz CT molecular complexity index is 278. The molecule has 2 aliphatic carbocycles. The van der Waals surface area contributed by atoms with Crippen LogP contribution in [0.2, 0.25) is 0 Å². The van der Waals surface area contributed by atoms with E-state index in [2.05, 4.69) is 11.8 Å². The Hall–Kier alpha value is -0.570. The Kier molecular flexibility index (Phi) is 5.68. The predicted molar refractivity (Wildman–Crippen MR) is 78.8 cm³/mol. The quantitative estimate of drug-likeness (QED) is 0.831. The van der Waals surface area contributed by atoms with Gasteiger partial charge in [0.2, 0.25) is 5.91 Å². The van der Waals surface area contributed by atoms with E-state index in [-0.39, 0.29) is 0 Å². The number of amides is 1. The standard InChI is InChI=1S/C16H30N2O/c1-2-18(15-5-3-4-6-15)16(19)12-9-13-7-10-14(17)11-8-13/h13-15H,2-12,17H2,1H3. The SMILES string of the molecule is CCN(C(=O)CCC1CCC(N)CC1)C1CCCC1. The highest BCUT2D eigenvalue weighted by atomic mass is 16.2. The Labute approximate surface area is 117 Å². The molecule has 2 rings (SSSR count). The minimum atomic E-state index is 0.393. The fraction of sp³-hybridized carbons (Fsp3) is 0.938. The van der Waals surface area contributed by atoms with E-state index < -0.39 is 0 Å². The molecule has 0 aromatic rings. The van der Waals surface area contributed by atoms with Gasteiger partial charge in [0.25, 0.3) is 0 Å². The third kappa shape index (κ3) is 4.20. The molecule has 0 spiro atoms. The van der Waals surface area contributed by atoms with E-state index in [9.17, 15) is 4.79 Å². The van der Waals surface area contributed by atoms with Crippen molar-refractivity contribution in [1.29, 1.82) is 0 Å². The first kappa shape index (κ1) is 14.8. The first-order valence-corrected chi connectivity index (χ1v) is 8.25. The van der Waals surface area contributed by atoms with Crippen molar-refractivity contribution in [2.75, 3.05) is 6.54 Å². The van der Waals surface area contributed by atoms with E-state index in [4.69, 9.17) is 5.73 Å². The van der Waals surface area contributed by atoms with Crippen molar-refractivity contribution in [3.05, 3.63) is 0 Å². The van der Waals surface area contributed by atoms with Gasteiger partial charge in [-0.3, -0.25) is 4.79 Å². The van der Waals surface area contributed by atoms with E-state index in [0.29, 0.717) is 18.0 Å². The molecule has 3 nitrogen and oxygen atoms in total. The zero-order chi connectivity index (χ0) is 13.7. The third-order valence-corrected chi connectivity index (χ3v) is 5.08. The van der Waals surface area contributed by atoms with E-state index >= 15 is 0 Å². The average Bonchev–Trinajstić information content (AvgIpc) is 2.93. The van der Waals surface area contributed by atoms with Gasteiger partial charge in [0.1, 0.15) is 0 Å². The average molecular weight is 266 g/mol. The van der Waals surface area contributed by atoms with Crippen LogP contribution < -0.4 is 5.73 Å².